The van der Waals surface area contributed by atoms with E-state index < -0.39 is 17.7 Å². The number of nitrogens with zero attached hydrogens (tertiary/aromatic N) is 2. The van der Waals surface area contributed by atoms with Crippen molar-refractivity contribution in [2.45, 2.75) is 38.6 Å². The van der Waals surface area contributed by atoms with E-state index in [0.717, 1.165) is 16.9 Å². The maximum Gasteiger partial charge on any atom is 0.300 e. The lowest BCUT2D eigenvalue weighted by Gasteiger charge is -2.26. The highest BCUT2D eigenvalue weighted by Gasteiger charge is 2.47. The van der Waals surface area contributed by atoms with Crippen molar-refractivity contribution in [3.05, 3.63) is 100 Å². The molecule has 3 aromatic carbocycles. The average Bonchev–Trinajstić information content (AvgIpc) is 3.45. The maximum absolute atomic E-state index is 13.4. The Hall–Kier alpha value is -4.37. The van der Waals surface area contributed by atoms with Crippen LogP contribution in [-0.4, -0.2) is 23.4 Å². The van der Waals surface area contributed by atoms with E-state index in [1.165, 1.54) is 4.90 Å². The Bertz CT molecular complexity index is 1440. The predicted octanol–water partition coefficient (Wildman–Crippen LogP) is 5.42. The third-order valence-electron chi connectivity index (χ3n) is 6.77. The largest absolute Gasteiger partial charge is 0.507 e. The smallest absolute Gasteiger partial charge is 0.300 e. The van der Waals surface area contributed by atoms with Crippen LogP contribution in [-0.2, 0) is 21.4 Å². The molecule has 2 heterocycles. The van der Waals surface area contributed by atoms with Crippen molar-refractivity contribution in [1.29, 1.82) is 5.26 Å². The highest BCUT2D eigenvalue weighted by atomic mass is 16.5. The summed E-state index contributed by atoms with van der Waals surface area (Å²) in [5.74, 6) is -0.933. The molecule has 0 aromatic heterocycles. The van der Waals surface area contributed by atoms with E-state index in [4.69, 9.17) is 4.74 Å². The molecule has 6 nitrogen and oxygen atoms in total. The predicted molar refractivity (Wildman–Crippen MR) is 137 cm³/mol. The fourth-order valence-electron chi connectivity index (χ4n) is 4.77. The number of aliphatic hydroxyl groups excluding tert-OH is 1. The number of hydrogen-bond donors (Lipinski definition) is 1. The van der Waals surface area contributed by atoms with E-state index >= 15 is 0 Å². The SMILES string of the molecule is CC(C)(C)c1ccc(C2/C(=C(/O)c3ccc4c(c3)CCO4)C(=O)C(=O)N2c2ccc(C#N)cc2)cc1. The Labute approximate surface area is 210 Å². The van der Waals surface area contributed by atoms with E-state index in [0.29, 0.717) is 35.4 Å². The molecule has 5 rings (SSSR count). The van der Waals surface area contributed by atoms with Gasteiger partial charge in [0.15, 0.2) is 0 Å². The van der Waals surface area contributed by atoms with Crippen LogP contribution in [0.4, 0.5) is 5.69 Å². The minimum atomic E-state index is -0.823. The first-order valence-corrected chi connectivity index (χ1v) is 11.9. The summed E-state index contributed by atoms with van der Waals surface area (Å²) in [5, 5.41) is 20.6. The number of fused-ring (bicyclic) bond motifs is 1. The van der Waals surface area contributed by atoms with Gasteiger partial charge in [-0.25, -0.2) is 0 Å². The number of benzene rings is 3. The van der Waals surface area contributed by atoms with Gasteiger partial charge >= 0.3 is 0 Å². The molecule has 1 amide bonds. The zero-order chi connectivity index (χ0) is 25.6. The number of ketones is 1. The third kappa shape index (κ3) is 3.93. The Balaban J connectivity index is 1.68. The van der Waals surface area contributed by atoms with Crippen molar-refractivity contribution in [3.8, 4) is 11.8 Å². The summed E-state index contributed by atoms with van der Waals surface area (Å²) in [6.45, 7) is 6.91. The number of nitriles is 1. The maximum atomic E-state index is 13.4. The normalized spacial score (nSPS) is 18.6. The zero-order valence-electron chi connectivity index (χ0n) is 20.4. The van der Waals surface area contributed by atoms with Crippen molar-refractivity contribution < 1.29 is 19.4 Å². The Morgan fingerprint density at radius 2 is 1.72 bits per heavy atom. The van der Waals surface area contributed by atoms with Crippen LogP contribution in [0.1, 0.15) is 54.6 Å². The molecule has 0 saturated carbocycles. The fraction of sp³-hybridized carbons (Fsp3) is 0.233. The van der Waals surface area contributed by atoms with Gasteiger partial charge < -0.3 is 9.84 Å². The van der Waals surface area contributed by atoms with Gasteiger partial charge in [0.25, 0.3) is 11.7 Å². The Kier molecular flexibility index (Phi) is 5.64. The molecular weight excluding hydrogens is 452 g/mol. The molecule has 1 N–H and O–H groups in total. The van der Waals surface area contributed by atoms with Crippen LogP contribution in [0.5, 0.6) is 5.75 Å². The first-order chi connectivity index (χ1) is 17.2. The fourth-order valence-corrected chi connectivity index (χ4v) is 4.77. The molecule has 0 aliphatic carbocycles. The standard InChI is InChI=1S/C30H26N2O4/c1-30(2,3)22-9-6-19(7-10-22)26-25(27(33)21-8-13-24-20(16-21)14-15-36-24)28(34)29(35)32(26)23-11-4-18(17-31)5-12-23/h4-13,16,26,33H,14-15H2,1-3H3/b27-25-. The van der Waals surface area contributed by atoms with E-state index in [1.807, 2.05) is 30.3 Å². The first-order valence-electron chi connectivity index (χ1n) is 11.9. The number of Topliss-reactive ketones (excluding diaryl/α,β-unsaturated/α-hetero) is 1. The molecule has 1 atom stereocenters. The number of aliphatic hydroxyl groups is 1. The number of carbonyl (C=O) groups excluding carboxylic acids is 2. The second kappa shape index (κ2) is 8.69. The van der Waals surface area contributed by atoms with Crippen LogP contribution in [0.3, 0.4) is 0 Å². The molecule has 1 unspecified atom stereocenters. The molecule has 0 radical (unpaired) electrons. The van der Waals surface area contributed by atoms with Crippen LogP contribution in [0.2, 0.25) is 0 Å². The van der Waals surface area contributed by atoms with E-state index in [2.05, 4.69) is 26.8 Å². The Morgan fingerprint density at radius 3 is 2.36 bits per heavy atom. The number of rotatable bonds is 3. The van der Waals surface area contributed by atoms with Crippen LogP contribution in [0, 0.1) is 11.3 Å². The number of carbonyl (C=O) groups is 2. The molecular formula is C30H26N2O4. The van der Waals surface area contributed by atoms with Gasteiger partial charge in [0.1, 0.15) is 11.5 Å². The van der Waals surface area contributed by atoms with Gasteiger partial charge in [-0.1, -0.05) is 45.0 Å². The van der Waals surface area contributed by atoms with Gasteiger partial charge in [-0.3, -0.25) is 14.5 Å². The number of hydrogen-bond acceptors (Lipinski definition) is 5. The summed E-state index contributed by atoms with van der Waals surface area (Å²) >= 11 is 0. The molecule has 0 spiro atoms. The molecule has 0 bridgehead atoms. The van der Waals surface area contributed by atoms with Crippen molar-refractivity contribution in [2.75, 3.05) is 11.5 Å². The lowest BCUT2D eigenvalue weighted by Crippen LogP contribution is -2.29. The topological polar surface area (TPSA) is 90.6 Å². The summed E-state index contributed by atoms with van der Waals surface area (Å²) in [4.78, 5) is 28.1. The molecule has 6 heteroatoms. The highest BCUT2D eigenvalue weighted by molar-refractivity contribution is 6.51. The lowest BCUT2D eigenvalue weighted by atomic mass is 9.85. The summed E-state index contributed by atoms with van der Waals surface area (Å²) in [5.41, 5.74) is 4.12. The lowest BCUT2D eigenvalue weighted by molar-refractivity contribution is -0.132. The molecule has 36 heavy (non-hydrogen) atoms. The van der Waals surface area contributed by atoms with Crippen LogP contribution in [0.15, 0.2) is 72.3 Å². The summed E-state index contributed by atoms with van der Waals surface area (Å²) in [6.07, 6.45) is 0.716. The van der Waals surface area contributed by atoms with E-state index in [1.54, 1.807) is 36.4 Å². The monoisotopic (exact) mass is 478 g/mol. The highest BCUT2D eigenvalue weighted by Crippen LogP contribution is 2.43. The number of ether oxygens (including phenoxy) is 1. The summed E-state index contributed by atoms with van der Waals surface area (Å²) in [6, 6.07) is 20.8. The number of amides is 1. The van der Waals surface area contributed by atoms with Gasteiger partial charge in [-0.2, -0.15) is 5.26 Å². The van der Waals surface area contributed by atoms with Gasteiger partial charge in [-0.15, -0.1) is 0 Å². The van der Waals surface area contributed by atoms with E-state index in [9.17, 15) is 20.0 Å². The molecule has 1 fully saturated rings. The van der Waals surface area contributed by atoms with Gasteiger partial charge in [0.05, 0.1) is 29.9 Å². The molecule has 2 aliphatic heterocycles. The van der Waals surface area contributed by atoms with Gasteiger partial charge in [-0.05, 0) is 64.6 Å². The first kappa shape index (κ1) is 23.4. The van der Waals surface area contributed by atoms with Crippen molar-refractivity contribution in [1.82, 2.24) is 0 Å². The second-order valence-electron chi connectivity index (χ2n) is 10.1. The van der Waals surface area contributed by atoms with Crippen LogP contribution < -0.4 is 9.64 Å². The van der Waals surface area contributed by atoms with Gasteiger partial charge in [0, 0.05) is 17.7 Å². The molecule has 3 aromatic rings. The van der Waals surface area contributed by atoms with Crippen molar-refractivity contribution in [3.63, 3.8) is 0 Å². The van der Waals surface area contributed by atoms with Crippen LogP contribution >= 0.6 is 0 Å². The van der Waals surface area contributed by atoms with Crippen LogP contribution in [0.25, 0.3) is 5.76 Å². The van der Waals surface area contributed by atoms with Crippen molar-refractivity contribution in [2.24, 2.45) is 0 Å². The summed E-state index contributed by atoms with van der Waals surface area (Å²) in [7, 11) is 0. The van der Waals surface area contributed by atoms with Gasteiger partial charge in [0.2, 0.25) is 0 Å². The third-order valence-corrected chi connectivity index (χ3v) is 6.77. The Morgan fingerprint density at radius 1 is 1.03 bits per heavy atom. The quantitative estimate of drug-likeness (QED) is 0.309. The average molecular weight is 479 g/mol. The van der Waals surface area contributed by atoms with Crippen molar-refractivity contribution >= 4 is 23.1 Å². The number of anilines is 1. The molecule has 180 valence electrons. The second-order valence-corrected chi connectivity index (χ2v) is 10.1. The molecule has 2 aliphatic rings. The molecule has 1 saturated heterocycles. The van der Waals surface area contributed by atoms with E-state index in [-0.39, 0.29) is 16.7 Å². The minimum absolute atomic E-state index is 0.0340. The minimum Gasteiger partial charge on any atom is -0.507 e. The summed E-state index contributed by atoms with van der Waals surface area (Å²) < 4.78 is 5.57. The zero-order valence-corrected chi connectivity index (χ0v) is 20.4.